The van der Waals surface area contributed by atoms with Crippen molar-refractivity contribution in [1.82, 2.24) is 0 Å². The summed E-state index contributed by atoms with van der Waals surface area (Å²) in [6.45, 7) is 1.93. The van der Waals surface area contributed by atoms with Crippen LogP contribution < -0.4 is 0 Å². The molecule has 25 heavy (non-hydrogen) atoms. The van der Waals surface area contributed by atoms with E-state index in [2.05, 4.69) is 3.63 Å². The molecule has 130 valence electrons. The van der Waals surface area contributed by atoms with Crippen molar-refractivity contribution in [2.45, 2.75) is 21.6 Å². The molecular weight excluding hydrogens is 352 g/mol. The molecule has 3 aromatic rings. The molecule has 0 radical (unpaired) electrons. The first-order valence-electron chi connectivity index (χ1n) is 7.86. The number of rotatable bonds is 5. The Morgan fingerprint density at radius 3 is 1.52 bits per heavy atom. The third kappa shape index (κ3) is 3.79. The fraction of sp³-hybridized carbons (Fsp3) is 0.100. The van der Waals surface area contributed by atoms with Crippen molar-refractivity contribution in [3.05, 3.63) is 90.5 Å². The maximum Gasteiger partial charge on any atom is 0.421 e. The lowest BCUT2D eigenvalue weighted by molar-refractivity contribution is 0.390. The first-order chi connectivity index (χ1) is 11.9. The number of aryl methyl sites for hydroxylation is 1. The van der Waals surface area contributed by atoms with Gasteiger partial charge in [-0.1, -0.05) is 54.1 Å². The van der Waals surface area contributed by atoms with Crippen LogP contribution in [0.1, 0.15) is 5.56 Å². The molecular formula is C20H21O3S2+. The van der Waals surface area contributed by atoms with Crippen LogP contribution in [0.3, 0.4) is 0 Å². The maximum atomic E-state index is 13.0. The molecule has 0 saturated heterocycles. The van der Waals surface area contributed by atoms with Crippen LogP contribution in [0.25, 0.3) is 0 Å². The van der Waals surface area contributed by atoms with Crippen molar-refractivity contribution in [1.29, 1.82) is 0 Å². The van der Waals surface area contributed by atoms with Crippen LogP contribution in [0.5, 0.6) is 0 Å². The summed E-state index contributed by atoms with van der Waals surface area (Å²) < 4.78 is 30.4. The minimum Gasteiger partial charge on any atom is -0.262 e. The van der Waals surface area contributed by atoms with Crippen molar-refractivity contribution >= 4 is 20.4 Å². The number of hydrogen-bond acceptors (Lipinski definition) is 2. The SMILES string of the molecule is Cc1ccc(S(=O)(=O)[OH+]S(C)(c2ccccc2)c2ccccc2)cc1. The normalized spacial score (nSPS) is 12.7. The van der Waals surface area contributed by atoms with Gasteiger partial charge in [0.15, 0.2) is 0 Å². The monoisotopic (exact) mass is 373 g/mol. The smallest absolute Gasteiger partial charge is 0.262 e. The van der Waals surface area contributed by atoms with Gasteiger partial charge in [0.05, 0.1) is 9.79 Å². The Morgan fingerprint density at radius 2 is 1.08 bits per heavy atom. The van der Waals surface area contributed by atoms with Crippen molar-refractivity contribution < 1.29 is 12.0 Å². The van der Waals surface area contributed by atoms with E-state index >= 15 is 0 Å². The summed E-state index contributed by atoms with van der Waals surface area (Å²) in [6, 6.07) is 26.1. The molecule has 0 heterocycles. The molecule has 1 N–H and O–H groups in total. The lowest BCUT2D eigenvalue weighted by atomic mass is 10.2. The molecule has 0 spiro atoms. The fourth-order valence-electron chi connectivity index (χ4n) is 2.54. The van der Waals surface area contributed by atoms with Crippen LogP contribution in [-0.2, 0) is 10.1 Å². The summed E-state index contributed by atoms with van der Waals surface area (Å²) in [4.78, 5) is 2.05. The fourth-order valence-corrected chi connectivity index (χ4v) is 7.27. The van der Waals surface area contributed by atoms with Gasteiger partial charge in [0, 0.05) is 16.6 Å². The van der Waals surface area contributed by atoms with E-state index in [4.69, 9.17) is 0 Å². The van der Waals surface area contributed by atoms with Crippen LogP contribution in [0, 0.1) is 6.92 Å². The van der Waals surface area contributed by atoms with Crippen LogP contribution in [0.15, 0.2) is 99.6 Å². The summed E-state index contributed by atoms with van der Waals surface area (Å²) >= 11 is 0. The van der Waals surface area contributed by atoms with Crippen LogP contribution in [-0.4, -0.2) is 18.3 Å². The van der Waals surface area contributed by atoms with Gasteiger partial charge in [-0.3, -0.25) is 3.63 Å². The van der Waals surface area contributed by atoms with Crippen molar-refractivity contribution in [3.63, 3.8) is 0 Å². The molecule has 0 fully saturated rings. The van der Waals surface area contributed by atoms with Gasteiger partial charge in [-0.25, -0.2) is 0 Å². The Morgan fingerprint density at radius 1 is 0.640 bits per heavy atom. The third-order valence-electron chi connectivity index (χ3n) is 3.97. The highest BCUT2D eigenvalue weighted by molar-refractivity contribution is 8.32. The zero-order chi connectivity index (χ0) is 17.9. The number of benzene rings is 3. The molecule has 0 bridgehead atoms. The van der Waals surface area contributed by atoms with E-state index in [9.17, 15) is 8.42 Å². The Hall–Kier alpha value is -2.08. The number of hydrogen-bond donors (Lipinski definition) is 0. The van der Waals surface area contributed by atoms with Gasteiger partial charge in [0.25, 0.3) is 0 Å². The zero-order valence-electron chi connectivity index (χ0n) is 14.2. The van der Waals surface area contributed by atoms with Crippen molar-refractivity contribution in [2.75, 3.05) is 6.26 Å². The van der Waals surface area contributed by atoms with Gasteiger partial charge in [-0.05, 0) is 43.3 Å². The minimum absolute atomic E-state index is 0.226. The van der Waals surface area contributed by atoms with Crippen LogP contribution >= 0.6 is 10.3 Å². The summed E-state index contributed by atoms with van der Waals surface area (Å²) in [5, 5.41) is 0. The van der Waals surface area contributed by atoms with E-state index in [-0.39, 0.29) is 4.90 Å². The van der Waals surface area contributed by atoms with Gasteiger partial charge in [-0.15, -0.1) is 8.42 Å². The second-order valence-electron chi connectivity index (χ2n) is 5.86. The molecule has 0 atom stereocenters. The quantitative estimate of drug-likeness (QED) is 0.453. The van der Waals surface area contributed by atoms with E-state index in [1.807, 2.05) is 73.8 Å². The summed E-state index contributed by atoms with van der Waals surface area (Å²) in [5.41, 5.74) is 1.01. The van der Waals surface area contributed by atoms with E-state index in [1.54, 1.807) is 24.3 Å². The van der Waals surface area contributed by atoms with E-state index in [0.29, 0.717) is 0 Å². The second-order valence-corrected chi connectivity index (χ2v) is 10.6. The molecule has 3 rings (SSSR count). The minimum atomic E-state index is -3.77. The van der Waals surface area contributed by atoms with Crippen LogP contribution in [0.4, 0.5) is 0 Å². The topological polar surface area (TPSA) is 46.9 Å². The highest BCUT2D eigenvalue weighted by Crippen LogP contribution is 2.59. The first kappa shape index (κ1) is 17.7. The summed E-state index contributed by atoms with van der Waals surface area (Å²) in [5.74, 6) is 0. The van der Waals surface area contributed by atoms with Gasteiger partial charge in [-0.2, -0.15) is 0 Å². The largest absolute Gasteiger partial charge is 0.421 e. The molecule has 0 saturated carbocycles. The molecule has 3 aromatic carbocycles. The predicted octanol–water partition coefficient (Wildman–Crippen LogP) is 5.25. The summed E-state index contributed by atoms with van der Waals surface area (Å²) in [6.07, 6.45) is 1.92. The third-order valence-corrected chi connectivity index (χ3v) is 9.20. The Labute approximate surface area is 150 Å². The molecule has 5 heteroatoms. The molecule has 0 amide bonds. The Kier molecular flexibility index (Phi) is 4.99. The lowest BCUT2D eigenvalue weighted by Crippen LogP contribution is -2.17. The summed E-state index contributed by atoms with van der Waals surface area (Å²) in [7, 11) is -5.84. The highest BCUT2D eigenvalue weighted by Gasteiger charge is 2.37. The lowest BCUT2D eigenvalue weighted by Gasteiger charge is -2.30. The van der Waals surface area contributed by atoms with Gasteiger partial charge >= 0.3 is 10.1 Å². The highest BCUT2D eigenvalue weighted by atomic mass is 32.3. The molecule has 0 aliphatic carbocycles. The first-order valence-corrected chi connectivity index (χ1v) is 11.3. The van der Waals surface area contributed by atoms with E-state index in [0.717, 1.165) is 15.4 Å². The molecule has 3 nitrogen and oxygen atoms in total. The molecule has 0 aliphatic rings. The Balaban J connectivity index is 2.09. The van der Waals surface area contributed by atoms with Crippen LogP contribution in [0.2, 0.25) is 0 Å². The molecule has 0 aliphatic heterocycles. The maximum absolute atomic E-state index is 13.0. The molecule has 0 unspecified atom stereocenters. The average molecular weight is 374 g/mol. The second kappa shape index (κ2) is 7.04. The van der Waals surface area contributed by atoms with Gasteiger partial charge in [0.1, 0.15) is 4.90 Å². The Bertz CT molecular complexity index is 896. The van der Waals surface area contributed by atoms with Crippen molar-refractivity contribution in [2.24, 2.45) is 0 Å². The molecule has 0 aromatic heterocycles. The van der Waals surface area contributed by atoms with Crippen molar-refractivity contribution in [3.8, 4) is 0 Å². The predicted molar refractivity (Wildman–Crippen MR) is 104 cm³/mol. The van der Waals surface area contributed by atoms with E-state index < -0.39 is 20.4 Å². The average Bonchev–Trinajstić information content (AvgIpc) is 2.63. The standard InChI is InChI=1S/C20H20O3S2/c1-17-13-15-20(16-14-17)25(21,22)23-24(2,18-9-5-3-6-10-18)19-11-7-4-8-12-19/h3-16H,1-2H3/p+1. The van der Waals surface area contributed by atoms with Gasteiger partial charge in [0.2, 0.25) is 0 Å². The van der Waals surface area contributed by atoms with Gasteiger partial charge < -0.3 is 0 Å². The van der Waals surface area contributed by atoms with E-state index in [1.165, 1.54) is 0 Å². The zero-order valence-corrected chi connectivity index (χ0v) is 15.8.